The van der Waals surface area contributed by atoms with Crippen LogP contribution in [0.1, 0.15) is 23.3 Å². The molecular weight excluding hydrogens is 334 g/mol. The summed E-state index contributed by atoms with van der Waals surface area (Å²) < 4.78 is 6.71. The number of hydrogen-bond acceptors (Lipinski definition) is 5. The van der Waals surface area contributed by atoms with E-state index < -0.39 is 5.54 Å². The van der Waals surface area contributed by atoms with Crippen LogP contribution in [0.4, 0.5) is 0 Å². The molecule has 0 spiro atoms. The molecule has 138 valence electrons. The van der Waals surface area contributed by atoms with E-state index in [2.05, 4.69) is 15.4 Å². The van der Waals surface area contributed by atoms with E-state index in [9.17, 15) is 9.59 Å². The number of amides is 2. The van der Waals surface area contributed by atoms with Gasteiger partial charge in [-0.1, -0.05) is 6.07 Å². The van der Waals surface area contributed by atoms with E-state index in [1.54, 1.807) is 59.5 Å². The van der Waals surface area contributed by atoms with Crippen molar-refractivity contribution >= 4 is 11.8 Å². The lowest BCUT2D eigenvalue weighted by Gasteiger charge is -2.40. The van der Waals surface area contributed by atoms with E-state index in [1.807, 2.05) is 0 Å². The van der Waals surface area contributed by atoms with E-state index in [-0.39, 0.29) is 11.8 Å². The predicted molar refractivity (Wildman–Crippen MR) is 94.5 cm³/mol. The predicted octanol–water partition coefficient (Wildman–Crippen LogP) is 0.672. The molecule has 0 unspecified atom stereocenters. The monoisotopic (exact) mass is 357 g/mol. The van der Waals surface area contributed by atoms with Crippen LogP contribution in [0.5, 0.6) is 0 Å². The minimum Gasteiger partial charge on any atom is -0.383 e. The molecule has 2 amide bonds. The number of piperidine rings is 1. The fourth-order valence-electron chi connectivity index (χ4n) is 3.24. The second-order valence-corrected chi connectivity index (χ2v) is 6.24. The molecule has 8 nitrogen and oxygen atoms in total. The van der Waals surface area contributed by atoms with Gasteiger partial charge in [0.25, 0.3) is 5.91 Å². The van der Waals surface area contributed by atoms with Crippen molar-refractivity contribution < 1.29 is 14.3 Å². The molecule has 1 saturated heterocycles. The van der Waals surface area contributed by atoms with E-state index in [0.717, 1.165) is 0 Å². The van der Waals surface area contributed by atoms with E-state index >= 15 is 0 Å². The first kappa shape index (κ1) is 18.1. The molecule has 0 saturated carbocycles. The Hall–Kier alpha value is -2.74. The van der Waals surface area contributed by atoms with Gasteiger partial charge >= 0.3 is 0 Å². The molecule has 2 aromatic heterocycles. The molecule has 0 aliphatic carbocycles. The van der Waals surface area contributed by atoms with Crippen molar-refractivity contribution in [3.63, 3.8) is 0 Å². The minimum atomic E-state index is -0.794. The SMILES string of the molecule is COCCNC(=O)C1(n2cccn2)CCN(C(=O)c2ccccn2)CC1. The van der Waals surface area contributed by atoms with Gasteiger partial charge in [-0.3, -0.25) is 19.3 Å². The van der Waals surface area contributed by atoms with Gasteiger partial charge in [0.2, 0.25) is 5.91 Å². The number of hydrogen-bond donors (Lipinski definition) is 1. The van der Waals surface area contributed by atoms with Gasteiger partial charge in [-0.25, -0.2) is 0 Å². The zero-order chi connectivity index (χ0) is 18.4. The Labute approximate surface area is 152 Å². The first-order valence-corrected chi connectivity index (χ1v) is 8.65. The number of aromatic nitrogens is 3. The smallest absolute Gasteiger partial charge is 0.272 e. The van der Waals surface area contributed by atoms with Crippen molar-refractivity contribution in [2.24, 2.45) is 0 Å². The summed E-state index contributed by atoms with van der Waals surface area (Å²) in [5, 5.41) is 7.22. The molecule has 8 heteroatoms. The van der Waals surface area contributed by atoms with Gasteiger partial charge < -0.3 is 15.0 Å². The molecule has 0 radical (unpaired) electrons. The van der Waals surface area contributed by atoms with Crippen LogP contribution in [0.2, 0.25) is 0 Å². The number of ether oxygens (including phenoxy) is 1. The molecule has 1 fully saturated rings. The number of rotatable bonds is 6. The summed E-state index contributed by atoms with van der Waals surface area (Å²) in [5.74, 6) is -0.206. The van der Waals surface area contributed by atoms with Crippen molar-refractivity contribution in [2.45, 2.75) is 18.4 Å². The minimum absolute atomic E-state index is 0.0943. The third-order valence-electron chi connectivity index (χ3n) is 4.72. The molecule has 26 heavy (non-hydrogen) atoms. The zero-order valence-electron chi connectivity index (χ0n) is 14.8. The lowest BCUT2D eigenvalue weighted by atomic mass is 9.86. The Morgan fingerprint density at radius 2 is 2.04 bits per heavy atom. The summed E-state index contributed by atoms with van der Waals surface area (Å²) in [7, 11) is 1.59. The Bertz CT molecular complexity index is 725. The number of nitrogens with one attached hydrogen (secondary N) is 1. The lowest BCUT2D eigenvalue weighted by molar-refractivity contribution is -0.133. The highest BCUT2D eigenvalue weighted by Crippen LogP contribution is 2.30. The Morgan fingerprint density at radius 3 is 2.65 bits per heavy atom. The van der Waals surface area contributed by atoms with Gasteiger partial charge in [-0.05, 0) is 31.0 Å². The number of likely N-dealkylation sites (tertiary alicyclic amines) is 1. The van der Waals surface area contributed by atoms with Crippen LogP contribution >= 0.6 is 0 Å². The first-order valence-electron chi connectivity index (χ1n) is 8.65. The highest BCUT2D eigenvalue weighted by Gasteiger charge is 2.44. The summed E-state index contributed by atoms with van der Waals surface area (Å²) >= 11 is 0. The van der Waals surface area contributed by atoms with Crippen LogP contribution in [0.15, 0.2) is 42.9 Å². The molecule has 2 aromatic rings. The average Bonchev–Trinajstić information content (AvgIpc) is 3.23. The molecule has 1 aliphatic rings. The molecule has 1 N–H and O–H groups in total. The molecule has 3 heterocycles. The third kappa shape index (κ3) is 3.60. The normalized spacial score (nSPS) is 16.3. The number of carbonyl (C=O) groups excluding carboxylic acids is 2. The topological polar surface area (TPSA) is 89.4 Å². The number of nitrogens with zero attached hydrogens (tertiary/aromatic N) is 4. The largest absolute Gasteiger partial charge is 0.383 e. The maximum absolute atomic E-state index is 12.9. The molecule has 3 rings (SSSR count). The first-order chi connectivity index (χ1) is 12.7. The van der Waals surface area contributed by atoms with Gasteiger partial charge in [0.05, 0.1) is 6.61 Å². The van der Waals surface area contributed by atoms with E-state index in [4.69, 9.17) is 4.74 Å². The van der Waals surface area contributed by atoms with E-state index in [1.165, 1.54) is 0 Å². The summed E-state index contributed by atoms with van der Waals surface area (Å²) in [4.78, 5) is 31.4. The number of pyridine rings is 1. The van der Waals surface area contributed by atoms with Crippen LogP contribution in [0.25, 0.3) is 0 Å². The van der Waals surface area contributed by atoms with E-state index in [0.29, 0.717) is 44.8 Å². The quantitative estimate of drug-likeness (QED) is 0.768. The van der Waals surface area contributed by atoms with Crippen molar-refractivity contribution in [1.29, 1.82) is 0 Å². The van der Waals surface area contributed by atoms with Gasteiger partial charge in [-0.15, -0.1) is 0 Å². The highest BCUT2D eigenvalue weighted by atomic mass is 16.5. The van der Waals surface area contributed by atoms with Crippen LogP contribution in [-0.4, -0.2) is 64.8 Å². The summed E-state index contributed by atoms with van der Waals surface area (Å²) in [6, 6.07) is 7.08. The van der Waals surface area contributed by atoms with Crippen molar-refractivity contribution in [3.8, 4) is 0 Å². The van der Waals surface area contributed by atoms with Crippen molar-refractivity contribution in [3.05, 3.63) is 48.5 Å². The summed E-state index contributed by atoms with van der Waals surface area (Å²) in [5.41, 5.74) is -0.373. The Morgan fingerprint density at radius 1 is 1.23 bits per heavy atom. The van der Waals surface area contributed by atoms with Gasteiger partial charge in [-0.2, -0.15) is 5.10 Å². The van der Waals surface area contributed by atoms with Crippen molar-refractivity contribution in [1.82, 2.24) is 25.0 Å². The van der Waals surface area contributed by atoms with Gasteiger partial charge in [0.15, 0.2) is 0 Å². The maximum Gasteiger partial charge on any atom is 0.272 e. The molecule has 1 aliphatic heterocycles. The molecule has 0 atom stereocenters. The van der Waals surface area contributed by atoms with Crippen LogP contribution in [0, 0.1) is 0 Å². The van der Waals surface area contributed by atoms with Crippen LogP contribution in [0.3, 0.4) is 0 Å². The van der Waals surface area contributed by atoms with Gasteiger partial charge in [0.1, 0.15) is 11.2 Å². The van der Waals surface area contributed by atoms with Crippen molar-refractivity contribution in [2.75, 3.05) is 33.4 Å². The standard InChI is InChI=1S/C18H23N5O3/c1-26-14-10-20-17(25)18(23-11-4-9-21-23)6-12-22(13-7-18)16(24)15-5-2-3-8-19-15/h2-5,8-9,11H,6-7,10,12-14H2,1H3,(H,20,25). The Kier molecular flexibility index (Phi) is 5.62. The molecule has 0 aromatic carbocycles. The summed E-state index contributed by atoms with van der Waals surface area (Å²) in [6.07, 6.45) is 6.05. The van der Waals surface area contributed by atoms with Crippen LogP contribution in [-0.2, 0) is 15.1 Å². The average molecular weight is 357 g/mol. The molecular formula is C18H23N5O3. The fraction of sp³-hybridized carbons (Fsp3) is 0.444. The Balaban J connectivity index is 1.73. The van der Waals surface area contributed by atoms with Gasteiger partial charge in [0, 0.05) is 45.3 Å². The van der Waals surface area contributed by atoms with Crippen LogP contribution < -0.4 is 5.32 Å². The number of carbonyl (C=O) groups is 2. The fourth-order valence-corrected chi connectivity index (χ4v) is 3.24. The number of methoxy groups -OCH3 is 1. The second-order valence-electron chi connectivity index (χ2n) is 6.24. The zero-order valence-corrected chi connectivity index (χ0v) is 14.8. The molecule has 0 bridgehead atoms. The highest BCUT2D eigenvalue weighted by molar-refractivity contribution is 5.92. The summed E-state index contributed by atoms with van der Waals surface area (Å²) in [6.45, 7) is 1.82. The lowest BCUT2D eigenvalue weighted by Crippen LogP contribution is -2.56. The maximum atomic E-state index is 12.9. The second kappa shape index (κ2) is 8.09. The third-order valence-corrected chi connectivity index (χ3v) is 4.72.